The lowest BCUT2D eigenvalue weighted by Gasteiger charge is -2.30. The minimum Gasteiger partial charge on any atom is -0.328 e. The van der Waals surface area contributed by atoms with Gasteiger partial charge in [-0.2, -0.15) is 0 Å². The molecule has 0 rings (SSSR count). The van der Waals surface area contributed by atoms with E-state index in [9.17, 15) is 0 Å². The number of unbranched alkanes of at least 4 members (excludes halogenated alkanes) is 10. The van der Waals surface area contributed by atoms with E-state index in [0.717, 1.165) is 0 Å². The highest BCUT2D eigenvalue weighted by atomic mass is 15.3. The first kappa shape index (κ1) is 21.7. The molecule has 0 saturated heterocycles. The van der Waals surface area contributed by atoms with Crippen LogP contribution in [0.15, 0.2) is 12.7 Å². The molecule has 22 heavy (non-hydrogen) atoms. The summed E-state index contributed by atoms with van der Waals surface area (Å²) in [4.78, 5) is 0. The smallest absolute Gasteiger partial charge is 0.0782 e. The van der Waals surface area contributed by atoms with E-state index in [4.69, 9.17) is 0 Å². The summed E-state index contributed by atoms with van der Waals surface area (Å²) in [7, 11) is 6.86. The second-order valence-corrected chi connectivity index (χ2v) is 7.45. The highest BCUT2D eigenvalue weighted by Crippen LogP contribution is 2.11. The van der Waals surface area contributed by atoms with Gasteiger partial charge in [-0.3, -0.25) is 0 Å². The second-order valence-electron chi connectivity index (χ2n) is 7.45. The van der Waals surface area contributed by atoms with Gasteiger partial charge in [0.25, 0.3) is 0 Å². The maximum Gasteiger partial charge on any atom is 0.0782 e. The van der Waals surface area contributed by atoms with Crippen LogP contribution in [0.5, 0.6) is 0 Å². The molecule has 0 aromatic heterocycles. The Balaban J connectivity index is 3.35. The molecule has 0 heterocycles. The lowest BCUT2D eigenvalue weighted by molar-refractivity contribution is -0.890. The van der Waals surface area contributed by atoms with Crippen molar-refractivity contribution in [2.45, 2.75) is 77.0 Å². The van der Waals surface area contributed by atoms with E-state index in [1.807, 2.05) is 13.1 Å². The molecular weight excluding hydrogens is 268 g/mol. The summed E-state index contributed by atoms with van der Waals surface area (Å²) in [5.41, 5.74) is 0. The first-order valence-corrected chi connectivity index (χ1v) is 9.70. The zero-order chi connectivity index (χ0) is 16.5. The van der Waals surface area contributed by atoms with E-state index in [-0.39, 0.29) is 0 Å². The van der Waals surface area contributed by atoms with Crippen LogP contribution in [-0.4, -0.2) is 45.3 Å². The fraction of sp³-hybridized carbons (Fsp3) is 0.900. The van der Waals surface area contributed by atoms with Crippen LogP contribution < -0.4 is 5.32 Å². The molecule has 0 aromatic carbocycles. The van der Waals surface area contributed by atoms with Gasteiger partial charge >= 0.3 is 0 Å². The molecule has 2 nitrogen and oxygen atoms in total. The Morgan fingerprint density at radius 2 is 1.18 bits per heavy atom. The number of allylic oxidation sites excluding steroid dienone is 1. The molecule has 0 bridgehead atoms. The van der Waals surface area contributed by atoms with Gasteiger partial charge in [-0.25, -0.2) is 0 Å². The van der Waals surface area contributed by atoms with Crippen molar-refractivity contribution in [3.63, 3.8) is 0 Å². The van der Waals surface area contributed by atoms with Crippen molar-refractivity contribution in [2.24, 2.45) is 0 Å². The summed E-state index contributed by atoms with van der Waals surface area (Å²) in [5, 5.41) is 3.22. The van der Waals surface area contributed by atoms with Gasteiger partial charge in [0.15, 0.2) is 0 Å². The molecule has 0 saturated carbocycles. The summed E-state index contributed by atoms with van der Waals surface area (Å²) < 4.78 is 1.21. The third-order valence-electron chi connectivity index (χ3n) is 4.61. The number of nitrogens with zero attached hydrogens (tertiary/aromatic N) is 1. The van der Waals surface area contributed by atoms with Gasteiger partial charge in [0.1, 0.15) is 0 Å². The molecular formula is C20H43N2+. The molecule has 0 amide bonds. The average molecular weight is 312 g/mol. The van der Waals surface area contributed by atoms with Gasteiger partial charge in [0.2, 0.25) is 0 Å². The minimum atomic E-state index is 1.18. The van der Waals surface area contributed by atoms with Gasteiger partial charge in [-0.05, 0) is 58.5 Å². The van der Waals surface area contributed by atoms with Gasteiger partial charge in [0, 0.05) is 0 Å². The standard InChI is InChI=1S/C20H43N2/c1-5-6-7-8-10-13-16-19-22(3,4)20-17-14-11-9-12-15-18-21-2/h5,21H,1,6-20H2,2-4H3/q+1. The summed E-state index contributed by atoms with van der Waals surface area (Å²) in [6.45, 7) is 7.66. The topological polar surface area (TPSA) is 12.0 Å². The fourth-order valence-corrected chi connectivity index (χ4v) is 3.02. The molecule has 132 valence electrons. The number of hydrogen-bond donors (Lipinski definition) is 1. The molecule has 2 heteroatoms. The number of quaternary nitrogens is 1. The van der Waals surface area contributed by atoms with Crippen LogP contribution in [0.3, 0.4) is 0 Å². The number of nitrogens with one attached hydrogen (secondary N) is 1. The van der Waals surface area contributed by atoms with Crippen molar-refractivity contribution in [1.29, 1.82) is 0 Å². The lowest BCUT2D eigenvalue weighted by Crippen LogP contribution is -2.41. The summed E-state index contributed by atoms with van der Waals surface area (Å²) in [5.74, 6) is 0. The van der Waals surface area contributed by atoms with Gasteiger partial charge in [-0.1, -0.05) is 38.2 Å². The SMILES string of the molecule is C=CCCCCCCC[N+](C)(C)CCCCCCCCNC. The third kappa shape index (κ3) is 16.0. The monoisotopic (exact) mass is 311 g/mol. The number of hydrogen-bond acceptors (Lipinski definition) is 1. The Kier molecular flexibility index (Phi) is 15.3. The van der Waals surface area contributed by atoms with Crippen LogP contribution in [0.1, 0.15) is 77.0 Å². The molecule has 0 aromatic rings. The molecule has 0 spiro atoms. The van der Waals surface area contributed by atoms with Crippen LogP contribution >= 0.6 is 0 Å². The van der Waals surface area contributed by atoms with E-state index in [0.29, 0.717) is 0 Å². The predicted molar refractivity (Wildman–Crippen MR) is 101 cm³/mol. The molecule has 0 atom stereocenters. The molecule has 0 aliphatic carbocycles. The predicted octanol–water partition coefficient (Wildman–Crippen LogP) is 5.15. The lowest BCUT2D eigenvalue weighted by atomic mass is 10.1. The molecule has 0 aliphatic heterocycles. The van der Waals surface area contributed by atoms with Gasteiger partial charge < -0.3 is 9.80 Å². The molecule has 0 aliphatic rings. The number of rotatable bonds is 17. The second kappa shape index (κ2) is 15.6. The first-order valence-electron chi connectivity index (χ1n) is 9.70. The van der Waals surface area contributed by atoms with Crippen molar-refractivity contribution < 1.29 is 4.48 Å². The quantitative estimate of drug-likeness (QED) is 0.222. The van der Waals surface area contributed by atoms with E-state index >= 15 is 0 Å². The Hall–Kier alpha value is -0.340. The highest BCUT2D eigenvalue weighted by Gasteiger charge is 2.13. The maximum atomic E-state index is 3.78. The van der Waals surface area contributed by atoms with Crippen LogP contribution in [0, 0.1) is 0 Å². The Morgan fingerprint density at radius 3 is 1.68 bits per heavy atom. The zero-order valence-corrected chi connectivity index (χ0v) is 15.8. The summed E-state index contributed by atoms with van der Waals surface area (Å²) >= 11 is 0. The van der Waals surface area contributed by atoms with E-state index in [1.54, 1.807) is 0 Å². The molecule has 0 radical (unpaired) electrons. The van der Waals surface area contributed by atoms with Gasteiger partial charge in [-0.15, -0.1) is 6.58 Å². The Bertz CT molecular complexity index is 236. The van der Waals surface area contributed by atoms with Crippen molar-refractivity contribution >= 4 is 0 Å². The zero-order valence-electron chi connectivity index (χ0n) is 15.8. The van der Waals surface area contributed by atoms with Crippen molar-refractivity contribution in [3.05, 3.63) is 12.7 Å². The maximum absolute atomic E-state index is 3.78. The van der Waals surface area contributed by atoms with Crippen LogP contribution in [0.25, 0.3) is 0 Å². The normalized spacial score (nSPS) is 11.8. The van der Waals surface area contributed by atoms with Crippen molar-refractivity contribution in [2.75, 3.05) is 40.8 Å². The van der Waals surface area contributed by atoms with Crippen molar-refractivity contribution in [1.82, 2.24) is 5.32 Å². The molecule has 1 N–H and O–H groups in total. The fourth-order valence-electron chi connectivity index (χ4n) is 3.02. The van der Waals surface area contributed by atoms with Crippen LogP contribution in [0.2, 0.25) is 0 Å². The third-order valence-corrected chi connectivity index (χ3v) is 4.61. The highest BCUT2D eigenvalue weighted by molar-refractivity contribution is 4.65. The van der Waals surface area contributed by atoms with Crippen LogP contribution in [-0.2, 0) is 0 Å². The van der Waals surface area contributed by atoms with E-state index in [1.165, 1.54) is 101 Å². The largest absolute Gasteiger partial charge is 0.328 e. The van der Waals surface area contributed by atoms with E-state index in [2.05, 4.69) is 26.0 Å². The molecule has 0 unspecified atom stereocenters. The van der Waals surface area contributed by atoms with Crippen molar-refractivity contribution in [3.8, 4) is 0 Å². The Labute approximate surface area is 141 Å². The van der Waals surface area contributed by atoms with Gasteiger partial charge in [0.05, 0.1) is 27.2 Å². The van der Waals surface area contributed by atoms with E-state index < -0.39 is 0 Å². The summed E-state index contributed by atoms with van der Waals surface area (Å²) in [6, 6.07) is 0. The minimum absolute atomic E-state index is 1.18. The summed E-state index contributed by atoms with van der Waals surface area (Å²) in [6.07, 6.45) is 18.5. The average Bonchev–Trinajstić information content (AvgIpc) is 2.49. The van der Waals surface area contributed by atoms with Crippen LogP contribution in [0.4, 0.5) is 0 Å². The first-order chi connectivity index (χ1) is 10.6. The Morgan fingerprint density at radius 1 is 0.727 bits per heavy atom. The molecule has 0 fully saturated rings.